The van der Waals surface area contributed by atoms with Gasteiger partial charge in [-0.2, -0.15) is 5.26 Å². The number of aromatic nitrogens is 2. The minimum Gasteiger partial charge on any atom is -0.456 e. The van der Waals surface area contributed by atoms with Gasteiger partial charge in [0.15, 0.2) is 0 Å². The molecule has 0 radical (unpaired) electrons. The van der Waals surface area contributed by atoms with Crippen molar-refractivity contribution in [1.82, 2.24) is 9.13 Å². The number of nitrogens with zero attached hydrogens (tertiary/aromatic N) is 3. The first-order chi connectivity index (χ1) is 23.3. The Bertz CT molecular complexity index is 2880. The number of hydrogen-bond donors (Lipinski definition) is 0. The van der Waals surface area contributed by atoms with E-state index in [0.29, 0.717) is 5.56 Å². The van der Waals surface area contributed by atoms with Crippen LogP contribution in [0.5, 0.6) is 0 Å². The Balaban J connectivity index is 1.35. The van der Waals surface area contributed by atoms with E-state index in [1.165, 1.54) is 21.5 Å². The lowest BCUT2D eigenvalue weighted by Gasteiger charge is -2.19. The van der Waals surface area contributed by atoms with Gasteiger partial charge in [-0.25, -0.2) is 0 Å². The number of nitriles is 1. The molecule has 0 saturated carbocycles. The average molecular weight is 600 g/mol. The molecule has 10 rings (SSSR count). The third-order valence-electron chi connectivity index (χ3n) is 9.56. The Morgan fingerprint density at radius 3 is 1.74 bits per heavy atom. The number of furan rings is 1. The topological polar surface area (TPSA) is 46.8 Å². The van der Waals surface area contributed by atoms with Gasteiger partial charge in [0.2, 0.25) is 0 Å². The molecule has 0 atom stereocenters. The standard InChI is InChI=1S/C43H25N3O/c44-26-27-21-22-32(39(25-27)45-35-16-6-1-11-28(35)29-12-2-7-17-36(29)45)30-13-3-8-18-37(30)46-38-19-9-4-14-31(38)33-23-24-41-42(43(33)46)34-15-5-10-20-40(34)47-41/h1-25H. The van der Waals surface area contributed by atoms with Gasteiger partial charge in [-0.1, -0.05) is 97.1 Å². The predicted molar refractivity (Wildman–Crippen MR) is 193 cm³/mol. The van der Waals surface area contributed by atoms with E-state index in [9.17, 15) is 5.26 Å². The van der Waals surface area contributed by atoms with Gasteiger partial charge in [0.1, 0.15) is 11.2 Å². The molecule has 0 spiro atoms. The fourth-order valence-corrected chi connectivity index (χ4v) is 7.61. The molecule has 10 aromatic rings. The van der Waals surface area contributed by atoms with Crippen LogP contribution in [-0.4, -0.2) is 9.13 Å². The highest BCUT2D eigenvalue weighted by molar-refractivity contribution is 6.24. The molecule has 3 heterocycles. The van der Waals surface area contributed by atoms with Gasteiger partial charge in [-0.3, -0.25) is 0 Å². The van der Waals surface area contributed by atoms with Crippen LogP contribution in [0.25, 0.3) is 88.1 Å². The Hall–Kier alpha value is -6.57. The maximum Gasteiger partial charge on any atom is 0.137 e. The minimum absolute atomic E-state index is 0.617. The van der Waals surface area contributed by atoms with Crippen molar-refractivity contribution in [2.45, 2.75) is 0 Å². The van der Waals surface area contributed by atoms with Crippen LogP contribution in [0.15, 0.2) is 156 Å². The van der Waals surface area contributed by atoms with E-state index >= 15 is 0 Å². The van der Waals surface area contributed by atoms with E-state index in [2.05, 4.69) is 143 Å². The summed E-state index contributed by atoms with van der Waals surface area (Å²) in [6.45, 7) is 0. The largest absolute Gasteiger partial charge is 0.456 e. The average Bonchev–Trinajstić information content (AvgIpc) is 3.79. The molecular weight excluding hydrogens is 574 g/mol. The van der Waals surface area contributed by atoms with Crippen molar-refractivity contribution in [3.63, 3.8) is 0 Å². The Kier molecular flexibility index (Phi) is 5.32. The summed E-state index contributed by atoms with van der Waals surface area (Å²) in [4.78, 5) is 0. The van der Waals surface area contributed by atoms with Crippen LogP contribution in [0.2, 0.25) is 0 Å². The highest BCUT2D eigenvalue weighted by Gasteiger charge is 2.22. The first-order valence-corrected chi connectivity index (χ1v) is 15.8. The van der Waals surface area contributed by atoms with E-state index in [4.69, 9.17) is 4.42 Å². The van der Waals surface area contributed by atoms with Crippen molar-refractivity contribution in [2.24, 2.45) is 0 Å². The van der Waals surface area contributed by atoms with Crippen molar-refractivity contribution in [3.8, 4) is 28.6 Å². The summed E-state index contributed by atoms with van der Waals surface area (Å²) >= 11 is 0. The normalized spacial score (nSPS) is 11.8. The van der Waals surface area contributed by atoms with E-state index < -0.39 is 0 Å². The first-order valence-electron chi connectivity index (χ1n) is 15.8. The van der Waals surface area contributed by atoms with E-state index in [1.54, 1.807) is 0 Å². The summed E-state index contributed by atoms with van der Waals surface area (Å²) in [5, 5.41) is 17.0. The predicted octanol–water partition coefficient (Wildman–Crippen LogP) is 11.3. The fraction of sp³-hybridized carbons (Fsp3) is 0. The van der Waals surface area contributed by atoms with E-state index in [1.807, 2.05) is 24.3 Å². The molecule has 0 aliphatic rings. The van der Waals surface area contributed by atoms with Gasteiger partial charge in [0.25, 0.3) is 0 Å². The van der Waals surface area contributed by atoms with Crippen LogP contribution >= 0.6 is 0 Å². The molecule has 47 heavy (non-hydrogen) atoms. The Morgan fingerprint density at radius 2 is 1.02 bits per heavy atom. The molecule has 0 saturated heterocycles. The molecule has 0 bridgehead atoms. The van der Waals surface area contributed by atoms with Crippen LogP contribution in [0.1, 0.15) is 5.56 Å². The lowest BCUT2D eigenvalue weighted by molar-refractivity contribution is 0.669. The number of benzene rings is 7. The second kappa shape index (κ2) is 9.71. The summed E-state index contributed by atoms with van der Waals surface area (Å²) in [6.07, 6.45) is 0. The van der Waals surface area contributed by atoms with Crippen molar-refractivity contribution in [1.29, 1.82) is 5.26 Å². The second-order valence-corrected chi connectivity index (χ2v) is 12.0. The summed E-state index contributed by atoms with van der Waals surface area (Å²) < 4.78 is 11.1. The molecule has 0 aliphatic heterocycles. The molecule has 4 heteroatoms. The van der Waals surface area contributed by atoms with Crippen molar-refractivity contribution >= 4 is 65.6 Å². The molecule has 0 N–H and O–H groups in total. The molecule has 0 fully saturated rings. The molecule has 0 unspecified atom stereocenters. The number of fused-ring (bicyclic) bond motifs is 10. The smallest absolute Gasteiger partial charge is 0.137 e. The maximum absolute atomic E-state index is 10.1. The molecular formula is C43H25N3O. The van der Waals surface area contributed by atoms with Crippen LogP contribution in [-0.2, 0) is 0 Å². The number of rotatable bonds is 3. The highest BCUT2D eigenvalue weighted by atomic mass is 16.3. The zero-order valence-corrected chi connectivity index (χ0v) is 25.2. The van der Waals surface area contributed by atoms with E-state index in [0.717, 1.165) is 66.5 Å². The van der Waals surface area contributed by atoms with Crippen molar-refractivity contribution < 1.29 is 4.42 Å². The lowest BCUT2D eigenvalue weighted by Crippen LogP contribution is -2.02. The van der Waals surface area contributed by atoms with Gasteiger partial charge in [0, 0.05) is 38.1 Å². The Labute approximate surface area is 269 Å². The molecule has 0 amide bonds. The maximum atomic E-state index is 10.1. The molecule has 7 aromatic carbocycles. The monoisotopic (exact) mass is 599 g/mol. The summed E-state index contributed by atoms with van der Waals surface area (Å²) in [7, 11) is 0. The van der Waals surface area contributed by atoms with Gasteiger partial charge in [-0.05, 0) is 54.6 Å². The molecule has 3 aromatic heterocycles. The quantitative estimate of drug-likeness (QED) is 0.203. The van der Waals surface area contributed by atoms with Gasteiger partial charge in [0.05, 0.1) is 50.5 Å². The van der Waals surface area contributed by atoms with Gasteiger partial charge < -0.3 is 13.6 Å². The van der Waals surface area contributed by atoms with Crippen LogP contribution in [0.3, 0.4) is 0 Å². The zero-order valence-electron chi connectivity index (χ0n) is 25.2. The second-order valence-electron chi connectivity index (χ2n) is 12.0. The fourth-order valence-electron chi connectivity index (χ4n) is 7.61. The molecule has 4 nitrogen and oxygen atoms in total. The van der Waals surface area contributed by atoms with E-state index in [-0.39, 0.29) is 0 Å². The zero-order chi connectivity index (χ0) is 31.1. The minimum atomic E-state index is 0.617. The third kappa shape index (κ3) is 3.57. The van der Waals surface area contributed by atoms with Gasteiger partial charge in [-0.15, -0.1) is 0 Å². The first kappa shape index (κ1) is 25.7. The summed E-state index contributed by atoms with van der Waals surface area (Å²) in [5.41, 5.74) is 10.9. The van der Waals surface area contributed by atoms with Crippen LogP contribution in [0.4, 0.5) is 0 Å². The van der Waals surface area contributed by atoms with Crippen LogP contribution < -0.4 is 0 Å². The SMILES string of the molecule is N#Cc1ccc(-c2ccccc2-n2c3ccccc3c3ccc4oc5ccccc5c4c32)c(-n2c3ccccc3c3ccccc32)c1. The van der Waals surface area contributed by atoms with Crippen LogP contribution in [0, 0.1) is 11.3 Å². The highest BCUT2D eigenvalue weighted by Crippen LogP contribution is 2.44. The summed E-state index contributed by atoms with van der Waals surface area (Å²) in [6, 6.07) is 55.3. The molecule has 0 aliphatic carbocycles. The number of para-hydroxylation sites is 5. The van der Waals surface area contributed by atoms with Gasteiger partial charge >= 0.3 is 0 Å². The number of hydrogen-bond acceptors (Lipinski definition) is 2. The third-order valence-corrected chi connectivity index (χ3v) is 9.56. The molecule has 218 valence electrons. The Morgan fingerprint density at radius 1 is 0.447 bits per heavy atom. The lowest BCUT2D eigenvalue weighted by atomic mass is 9.99. The van der Waals surface area contributed by atoms with Crippen molar-refractivity contribution in [3.05, 3.63) is 157 Å². The van der Waals surface area contributed by atoms with Crippen molar-refractivity contribution in [2.75, 3.05) is 0 Å². The summed E-state index contributed by atoms with van der Waals surface area (Å²) in [5.74, 6) is 0.